The van der Waals surface area contributed by atoms with Crippen LogP contribution in [-0.2, 0) is 23.0 Å². The number of rotatable bonds is 8. The van der Waals surface area contributed by atoms with Gasteiger partial charge in [0.25, 0.3) is 0 Å². The number of aromatic nitrogens is 2. The zero-order chi connectivity index (χ0) is 13.4. The van der Waals surface area contributed by atoms with Gasteiger partial charge in [0.15, 0.2) is 0 Å². The molecule has 1 heterocycles. The highest BCUT2D eigenvalue weighted by Crippen LogP contribution is 2.08. The third-order valence-corrected chi connectivity index (χ3v) is 3.60. The van der Waals surface area contributed by atoms with Gasteiger partial charge in [0.2, 0.25) is 0 Å². The maximum Gasteiger partial charge on any atom is 0.322 e. The normalized spacial score (nSPS) is 12.4. The van der Waals surface area contributed by atoms with Crippen molar-refractivity contribution in [2.24, 2.45) is 12.8 Å². The molecule has 1 atom stereocenters. The van der Waals surface area contributed by atoms with Crippen LogP contribution in [0.25, 0.3) is 0 Å². The zero-order valence-corrected chi connectivity index (χ0v) is 11.8. The van der Waals surface area contributed by atoms with Gasteiger partial charge >= 0.3 is 5.97 Å². The summed E-state index contributed by atoms with van der Waals surface area (Å²) in [4.78, 5) is 11.3. The summed E-state index contributed by atoms with van der Waals surface area (Å²) >= 11 is 1.80. The highest BCUT2D eigenvalue weighted by molar-refractivity contribution is 7.99. The second-order valence-electron chi connectivity index (χ2n) is 3.96. The Labute approximate surface area is 112 Å². The molecule has 0 spiro atoms. The monoisotopic (exact) mass is 271 g/mol. The molecule has 0 aliphatic heterocycles. The van der Waals surface area contributed by atoms with E-state index < -0.39 is 6.04 Å². The minimum absolute atomic E-state index is 0.301. The van der Waals surface area contributed by atoms with Crippen molar-refractivity contribution in [3.63, 3.8) is 0 Å². The fourth-order valence-electron chi connectivity index (χ4n) is 1.50. The first-order chi connectivity index (χ1) is 8.65. The van der Waals surface area contributed by atoms with Crippen molar-refractivity contribution in [2.75, 3.05) is 18.1 Å². The average molecular weight is 271 g/mol. The summed E-state index contributed by atoms with van der Waals surface area (Å²) < 4.78 is 6.73. The quantitative estimate of drug-likeness (QED) is 0.564. The number of aryl methyl sites for hydroxylation is 2. The summed E-state index contributed by atoms with van der Waals surface area (Å²) in [7, 11) is 1.94. The van der Waals surface area contributed by atoms with E-state index in [1.807, 2.05) is 17.8 Å². The Morgan fingerprint density at radius 1 is 1.61 bits per heavy atom. The number of ether oxygens (including phenoxy) is 1. The topological polar surface area (TPSA) is 70.1 Å². The predicted octanol–water partition coefficient (Wildman–Crippen LogP) is 0.976. The lowest BCUT2D eigenvalue weighted by atomic mass is 10.2. The maximum atomic E-state index is 11.3. The zero-order valence-electron chi connectivity index (χ0n) is 11.0. The van der Waals surface area contributed by atoms with Gasteiger partial charge in [-0.15, -0.1) is 0 Å². The van der Waals surface area contributed by atoms with E-state index in [1.165, 1.54) is 5.69 Å². The van der Waals surface area contributed by atoms with Crippen LogP contribution in [0.2, 0.25) is 0 Å². The first-order valence-corrected chi connectivity index (χ1v) is 7.27. The Bertz CT molecular complexity index is 368. The third-order valence-electron chi connectivity index (χ3n) is 2.59. The van der Waals surface area contributed by atoms with Gasteiger partial charge in [-0.25, -0.2) is 0 Å². The van der Waals surface area contributed by atoms with Crippen molar-refractivity contribution in [3.8, 4) is 0 Å². The van der Waals surface area contributed by atoms with E-state index in [-0.39, 0.29) is 5.97 Å². The Hall–Kier alpha value is -1.01. The Balaban J connectivity index is 2.08. The molecule has 18 heavy (non-hydrogen) atoms. The first-order valence-electron chi connectivity index (χ1n) is 6.12. The van der Waals surface area contributed by atoms with Crippen LogP contribution in [0.1, 0.15) is 19.0 Å². The molecular weight excluding hydrogens is 250 g/mol. The highest BCUT2D eigenvalue weighted by Gasteiger charge is 2.13. The van der Waals surface area contributed by atoms with Gasteiger partial charge in [-0.2, -0.15) is 16.9 Å². The van der Waals surface area contributed by atoms with Crippen LogP contribution in [0.5, 0.6) is 0 Å². The van der Waals surface area contributed by atoms with E-state index in [0.717, 1.165) is 17.9 Å². The van der Waals surface area contributed by atoms with Crippen LogP contribution in [0.3, 0.4) is 0 Å². The van der Waals surface area contributed by atoms with Gasteiger partial charge in [0.1, 0.15) is 6.04 Å². The third kappa shape index (κ3) is 5.10. The fourth-order valence-corrected chi connectivity index (χ4v) is 2.48. The molecule has 0 radical (unpaired) electrons. The summed E-state index contributed by atoms with van der Waals surface area (Å²) in [5.74, 6) is 1.58. The number of nitrogens with zero attached hydrogens (tertiary/aromatic N) is 2. The fraction of sp³-hybridized carbons (Fsp3) is 0.667. The van der Waals surface area contributed by atoms with Crippen molar-refractivity contribution < 1.29 is 9.53 Å². The van der Waals surface area contributed by atoms with E-state index >= 15 is 0 Å². The van der Waals surface area contributed by atoms with Crippen molar-refractivity contribution in [1.82, 2.24) is 9.78 Å². The molecule has 102 valence electrons. The van der Waals surface area contributed by atoms with Crippen LogP contribution in [0.15, 0.2) is 12.3 Å². The number of carbonyl (C=O) groups excluding carboxylic acids is 1. The minimum atomic E-state index is -0.492. The number of hydrogen-bond acceptors (Lipinski definition) is 5. The molecule has 0 fully saturated rings. The molecule has 0 amide bonds. The molecule has 0 aliphatic carbocycles. The lowest BCUT2D eigenvalue weighted by molar-refractivity contribution is -0.144. The molecule has 2 N–H and O–H groups in total. The van der Waals surface area contributed by atoms with Crippen LogP contribution < -0.4 is 5.73 Å². The second-order valence-corrected chi connectivity index (χ2v) is 5.18. The molecule has 0 saturated heterocycles. The lowest BCUT2D eigenvalue weighted by Gasteiger charge is -2.09. The molecule has 1 rings (SSSR count). The van der Waals surface area contributed by atoms with Crippen molar-refractivity contribution in [3.05, 3.63) is 18.0 Å². The van der Waals surface area contributed by atoms with E-state index in [9.17, 15) is 4.79 Å². The van der Waals surface area contributed by atoms with Crippen LogP contribution in [0, 0.1) is 0 Å². The number of nitrogens with two attached hydrogens (primary N) is 1. The van der Waals surface area contributed by atoms with Crippen molar-refractivity contribution >= 4 is 17.7 Å². The molecule has 6 heteroatoms. The largest absolute Gasteiger partial charge is 0.465 e. The number of esters is 1. The predicted molar refractivity (Wildman–Crippen MR) is 73.5 cm³/mol. The summed E-state index contributed by atoms with van der Waals surface area (Å²) in [5, 5.41) is 4.11. The Kier molecular flexibility index (Phi) is 6.82. The Morgan fingerprint density at radius 3 is 3.00 bits per heavy atom. The molecule has 1 aromatic heterocycles. The van der Waals surface area contributed by atoms with E-state index in [0.29, 0.717) is 13.0 Å². The number of hydrogen-bond donors (Lipinski definition) is 1. The summed E-state index contributed by atoms with van der Waals surface area (Å²) in [6.07, 6.45) is 3.45. The van der Waals surface area contributed by atoms with Gasteiger partial charge in [0.05, 0.1) is 6.61 Å². The summed E-state index contributed by atoms with van der Waals surface area (Å²) in [5.41, 5.74) is 6.92. The van der Waals surface area contributed by atoms with E-state index in [2.05, 4.69) is 5.10 Å². The summed E-state index contributed by atoms with van der Waals surface area (Å²) in [6.45, 7) is 2.17. The molecule has 5 nitrogen and oxygen atoms in total. The van der Waals surface area contributed by atoms with Gasteiger partial charge in [0, 0.05) is 18.9 Å². The van der Waals surface area contributed by atoms with Gasteiger partial charge in [-0.1, -0.05) is 0 Å². The van der Waals surface area contributed by atoms with E-state index in [4.69, 9.17) is 10.5 Å². The van der Waals surface area contributed by atoms with E-state index in [1.54, 1.807) is 24.9 Å². The maximum absolute atomic E-state index is 11.3. The average Bonchev–Trinajstić information content (AvgIpc) is 2.74. The lowest BCUT2D eigenvalue weighted by Crippen LogP contribution is -2.32. The van der Waals surface area contributed by atoms with Crippen molar-refractivity contribution in [2.45, 2.75) is 25.8 Å². The van der Waals surface area contributed by atoms with Crippen molar-refractivity contribution in [1.29, 1.82) is 0 Å². The van der Waals surface area contributed by atoms with Gasteiger partial charge < -0.3 is 10.5 Å². The van der Waals surface area contributed by atoms with Gasteiger partial charge in [-0.05, 0) is 37.3 Å². The molecule has 1 unspecified atom stereocenters. The number of carbonyl (C=O) groups is 1. The molecule has 0 aliphatic rings. The standard InChI is InChI=1S/C12H21N3O2S/c1-3-17-12(16)11(13)6-9-18-8-5-10-4-7-14-15(10)2/h4,7,11H,3,5-6,8-9,13H2,1-2H3. The second kappa shape index (κ2) is 8.16. The SMILES string of the molecule is CCOC(=O)C(N)CCSCCc1ccnn1C. The molecular formula is C12H21N3O2S. The smallest absolute Gasteiger partial charge is 0.322 e. The van der Waals surface area contributed by atoms with Crippen LogP contribution >= 0.6 is 11.8 Å². The van der Waals surface area contributed by atoms with Crippen LogP contribution in [0.4, 0.5) is 0 Å². The Morgan fingerprint density at radius 2 is 2.39 bits per heavy atom. The van der Waals surface area contributed by atoms with Gasteiger partial charge in [-0.3, -0.25) is 9.48 Å². The highest BCUT2D eigenvalue weighted by atomic mass is 32.2. The molecule has 0 saturated carbocycles. The molecule has 0 aromatic carbocycles. The number of thioether (sulfide) groups is 1. The molecule has 1 aromatic rings. The molecule has 0 bridgehead atoms. The minimum Gasteiger partial charge on any atom is -0.465 e. The first kappa shape index (κ1) is 15.0. The summed E-state index contributed by atoms with van der Waals surface area (Å²) in [6, 6.07) is 1.53. The van der Waals surface area contributed by atoms with Crippen LogP contribution in [-0.4, -0.2) is 39.9 Å².